The summed E-state index contributed by atoms with van der Waals surface area (Å²) in [6.45, 7) is 0. The van der Waals surface area contributed by atoms with E-state index in [1.165, 1.54) is 0 Å². The van der Waals surface area contributed by atoms with Gasteiger partial charge in [-0.3, -0.25) is 19.2 Å². The Bertz CT molecular complexity index is 3590. The Morgan fingerprint density at radius 1 is 0.230 bits per heavy atom. The van der Waals surface area contributed by atoms with E-state index in [2.05, 4.69) is 82.6 Å². The molecule has 0 N–H and O–H groups in total. The van der Waals surface area contributed by atoms with Gasteiger partial charge in [0.2, 0.25) is 0 Å². The van der Waals surface area contributed by atoms with Gasteiger partial charge < -0.3 is 9.80 Å². The molecule has 0 atom stereocenters. The number of para-hydroxylation sites is 2. The van der Waals surface area contributed by atoms with Crippen molar-refractivity contribution >= 4 is 69.4 Å². The maximum absolute atomic E-state index is 13.6. The number of carbonyl (C=O) groups is 4. The Morgan fingerprint density at radius 2 is 0.486 bits per heavy atom. The summed E-state index contributed by atoms with van der Waals surface area (Å²) in [6.07, 6.45) is 3.39. The van der Waals surface area contributed by atoms with Crippen molar-refractivity contribution in [3.63, 3.8) is 0 Å². The molecule has 74 heavy (non-hydrogen) atoms. The lowest BCUT2D eigenvalue weighted by atomic mass is 10.0. The quantitative estimate of drug-likeness (QED) is 0.0950. The number of allylic oxidation sites excluding steroid dienone is 2. The average Bonchev–Trinajstić information content (AvgIpc) is 3.84. The summed E-state index contributed by atoms with van der Waals surface area (Å²) in [7, 11) is 0. The predicted octanol–water partition coefficient (Wildman–Crippen LogP) is 16.6. The summed E-state index contributed by atoms with van der Waals surface area (Å²) in [5.41, 5.74) is 15.2. The number of fused-ring (bicyclic) bond motifs is 2. The van der Waals surface area contributed by atoms with Crippen molar-refractivity contribution in [2.24, 2.45) is 0 Å². The van der Waals surface area contributed by atoms with Crippen LogP contribution >= 0.6 is 0 Å². The van der Waals surface area contributed by atoms with Gasteiger partial charge in [-0.2, -0.15) is 0 Å². The van der Waals surface area contributed by atoms with Gasteiger partial charge in [0, 0.05) is 56.4 Å². The molecular weight excluding hydrogens is 909 g/mol. The highest BCUT2D eigenvalue weighted by atomic mass is 16.2. The molecule has 0 heterocycles. The van der Waals surface area contributed by atoms with Crippen molar-refractivity contribution in [1.82, 2.24) is 0 Å². The molecule has 0 bridgehead atoms. The first-order chi connectivity index (χ1) is 36.3. The van der Waals surface area contributed by atoms with Crippen molar-refractivity contribution in [1.29, 1.82) is 0 Å². The third-order valence-corrected chi connectivity index (χ3v) is 13.7. The van der Waals surface area contributed by atoms with Gasteiger partial charge in [-0.05, 0) is 154 Å². The van der Waals surface area contributed by atoms with Crippen LogP contribution < -0.4 is 9.80 Å². The zero-order valence-electron chi connectivity index (χ0n) is 39.9. The monoisotopic (exact) mass is 952 g/mol. The van der Waals surface area contributed by atoms with E-state index >= 15 is 0 Å². The molecule has 2 aliphatic rings. The molecule has 0 radical (unpaired) electrons. The lowest BCUT2D eigenvalue weighted by molar-refractivity contribution is 0.0975. The van der Waals surface area contributed by atoms with E-state index < -0.39 is 0 Å². The van der Waals surface area contributed by atoms with Gasteiger partial charge >= 0.3 is 0 Å². The van der Waals surface area contributed by atoms with Gasteiger partial charge in [0.1, 0.15) is 0 Å². The molecule has 2 aliphatic carbocycles. The number of hydrogen-bond acceptors (Lipinski definition) is 6. The average molecular weight is 953 g/mol. The molecule has 0 saturated carbocycles. The van der Waals surface area contributed by atoms with E-state index in [-0.39, 0.29) is 34.3 Å². The highest BCUT2D eigenvalue weighted by molar-refractivity contribution is 6.42. The first kappa shape index (κ1) is 45.1. The van der Waals surface area contributed by atoms with Gasteiger partial charge in [-0.15, -0.1) is 0 Å². The third-order valence-electron chi connectivity index (χ3n) is 13.7. The van der Waals surface area contributed by atoms with Crippen molar-refractivity contribution in [2.75, 3.05) is 9.80 Å². The van der Waals surface area contributed by atoms with Crippen LogP contribution in [0.1, 0.15) is 52.6 Å². The highest BCUT2D eigenvalue weighted by Gasteiger charge is 2.34. The molecule has 0 spiro atoms. The number of ketones is 4. The molecule has 0 unspecified atom stereocenters. The molecule has 0 aromatic heterocycles. The van der Waals surface area contributed by atoms with Crippen molar-refractivity contribution in [3.8, 4) is 33.4 Å². The van der Waals surface area contributed by atoms with Crippen LogP contribution in [-0.4, -0.2) is 23.1 Å². The van der Waals surface area contributed by atoms with Crippen LogP contribution in [0.5, 0.6) is 0 Å². The number of hydrogen-bond donors (Lipinski definition) is 0. The molecule has 12 rings (SSSR count). The Kier molecular flexibility index (Phi) is 11.8. The standard InChI is InChI=1S/C68H44N2O4/c71-65-59-39-29-51(47-13-5-1-6-14-47)43-61(59)67(73)63(65)41-45-21-31-55(32-22-45)69(53-17-9-3-10-18-53)57-35-25-49(26-36-57)50-27-37-58(38-28-50)70(54-19-11-4-12-20-54)56-33-23-46(24-34-56)42-64-66(72)60-40-30-52(44-62(60)68(64)74)48-15-7-2-8-16-48/h1-44H. The normalized spacial score (nSPS) is 13.8. The van der Waals surface area contributed by atoms with E-state index in [1.807, 2.05) is 170 Å². The minimum atomic E-state index is -0.259. The topological polar surface area (TPSA) is 74.8 Å². The maximum Gasteiger partial charge on any atom is 0.197 e. The summed E-state index contributed by atoms with van der Waals surface area (Å²) in [5.74, 6) is -1.03. The number of Topliss-reactive ketones (excluding diaryl/α,β-unsaturated/α-hetero) is 4. The second-order valence-electron chi connectivity index (χ2n) is 18.3. The zero-order valence-corrected chi connectivity index (χ0v) is 39.9. The molecule has 10 aromatic rings. The van der Waals surface area contributed by atoms with Crippen LogP contribution in [0.25, 0.3) is 45.5 Å². The molecule has 10 aromatic carbocycles. The summed E-state index contributed by atoms with van der Waals surface area (Å²) >= 11 is 0. The molecule has 6 nitrogen and oxygen atoms in total. The van der Waals surface area contributed by atoms with Crippen LogP contribution in [-0.2, 0) is 0 Å². The smallest absolute Gasteiger partial charge is 0.197 e. The largest absolute Gasteiger partial charge is 0.311 e. The predicted molar refractivity (Wildman–Crippen MR) is 298 cm³/mol. The number of rotatable bonds is 11. The van der Waals surface area contributed by atoms with Gasteiger partial charge in [-0.25, -0.2) is 0 Å². The first-order valence-corrected chi connectivity index (χ1v) is 24.5. The van der Waals surface area contributed by atoms with Crippen LogP contribution in [0, 0.1) is 0 Å². The first-order valence-electron chi connectivity index (χ1n) is 24.5. The van der Waals surface area contributed by atoms with Crippen molar-refractivity contribution in [3.05, 3.63) is 299 Å². The van der Waals surface area contributed by atoms with E-state index in [9.17, 15) is 19.2 Å². The molecule has 0 amide bonds. The second-order valence-corrected chi connectivity index (χ2v) is 18.3. The molecule has 0 fully saturated rings. The van der Waals surface area contributed by atoms with Gasteiger partial charge in [-0.1, -0.05) is 158 Å². The Hall–Kier alpha value is -10.0. The number of benzene rings is 10. The maximum atomic E-state index is 13.6. The minimum Gasteiger partial charge on any atom is -0.311 e. The van der Waals surface area contributed by atoms with E-state index in [0.29, 0.717) is 22.3 Å². The third kappa shape index (κ3) is 8.56. The zero-order chi connectivity index (χ0) is 50.1. The summed E-state index contributed by atoms with van der Waals surface area (Å²) in [6, 6.07) is 83.8. The Labute approximate surface area is 429 Å². The SMILES string of the molecule is O=C1C(=Cc2ccc(N(c3ccccc3)c3ccc(-c4ccc(N(c5ccccc5)c5ccc(C=C6C(=O)c7ccc(-c8ccccc8)cc7C6=O)cc5)cc4)cc3)cc2)C(=O)c2cc(-c3ccccc3)ccc21. The Balaban J connectivity index is 0.777. The molecule has 0 aliphatic heterocycles. The summed E-state index contributed by atoms with van der Waals surface area (Å²) in [5, 5.41) is 0. The molecule has 350 valence electrons. The van der Waals surface area contributed by atoms with E-state index in [4.69, 9.17) is 0 Å². The number of carbonyl (C=O) groups excluding carboxylic acids is 4. The molecular formula is C68H44N2O4. The van der Waals surface area contributed by atoms with Crippen LogP contribution in [0.15, 0.2) is 266 Å². The Morgan fingerprint density at radius 3 is 0.824 bits per heavy atom. The van der Waals surface area contributed by atoms with Gasteiger partial charge in [0.25, 0.3) is 0 Å². The number of anilines is 6. The number of nitrogens with zero attached hydrogens (tertiary/aromatic N) is 2. The fourth-order valence-corrected chi connectivity index (χ4v) is 9.96. The highest BCUT2D eigenvalue weighted by Crippen LogP contribution is 2.40. The second kappa shape index (κ2) is 19.3. The minimum absolute atomic E-state index is 0.167. The van der Waals surface area contributed by atoms with Crippen molar-refractivity contribution in [2.45, 2.75) is 0 Å². The summed E-state index contributed by atoms with van der Waals surface area (Å²) in [4.78, 5) is 58.7. The van der Waals surface area contributed by atoms with Crippen LogP contribution in [0.4, 0.5) is 34.1 Å². The lowest BCUT2D eigenvalue weighted by Gasteiger charge is -2.26. The van der Waals surface area contributed by atoms with E-state index in [1.54, 1.807) is 24.3 Å². The van der Waals surface area contributed by atoms with E-state index in [0.717, 1.165) is 78.6 Å². The van der Waals surface area contributed by atoms with Crippen LogP contribution in [0.3, 0.4) is 0 Å². The van der Waals surface area contributed by atoms with Gasteiger partial charge in [0.05, 0.1) is 11.1 Å². The molecule has 6 heteroatoms. The van der Waals surface area contributed by atoms with Gasteiger partial charge in [0.15, 0.2) is 23.1 Å². The fraction of sp³-hybridized carbons (Fsp3) is 0. The van der Waals surface area contributed by atoms with Crippen molar-refractivity contribution < 1.29 is 19.2 Å². The van der Waals surface area contributed by atoms with Crippen LogP contribution in [0.2, 0.25) is 0 Å². The molecule has 0 saturated heterocycles. The fourth-order valence-electron chi connectivity index (χ4n) is 9.96. The summed E-state index contributed by atoms with van der Waals surface area (Å²) < 4.78 is 0. The lowest BCUT2D eigenvalue weighted by Crippen LogP contribution is -2.10.